The number of hydrogen-bond acceptors (Lipinski definition) is 5. The Morgan fingerprint density at radius 3 is 2.58 bits per heavy atom. The number of β-amino-alcohol motifs (C(OH)–C–C–N with tert-alkyl or cyclic N) is 1. The van der Waals surface area contributed by atoms with Crippen molar-refractivity contribution in [1.29, 1.82) is 0 Å². The largest absolute Gasteiger partial charge is 0.478 e. The Bertz CT molecular complexity index is 462. The van der Waals surface area contributed by atoms with Crippen LogP contribution < -0.4 is 4.90 Å². The highest BCUT2D eigenvalue weighted by molar-refractivity contribution is 6.29. The number of anilines is 1. The van der Waals surface area contributed by atoms with Crippen LogP contribution in [-0.4, -0.2) is 65.4 Å². The molecule has 1 aromatic rings. The van der Waals surface area contributed by atoms with Crippen LogP contribution in [0.1, 0.15) is 10.4 Å². The van der Waals surface area contributed by atoms with Gasteiger partial charge in [-0.15, -0.1) is 0 Å². The highest BCUT2D eigenvalue weighted by Crippen LogP contribution is 2.19. The molecule has 1 fully saturated rings. The second kappa shape index (κ2) is 6.18. The summed E-state index contributed by atoms with van der Waals surface area (Å²) in [6.07, 6.45) is 0. The number of halogens is 1. The molecule has 2 N–H and O–H groups in total. The lowest BCUT2D eigenvalue weighted by atomic mass is 10.2. The van der Waals surface area contributed by atoms with Crippen LogP contribution in [0.3, 0.4) is 0 Å². The molecule has 0 bridgehead atoms. The van der Waals surface area contributed by atoms with Crippen LogP contribution >= 0.6 is 11.6 Å². The molecule has 2 heterocycles. The zero-order chi connectivity index (χ0) is 13.8. The first-order valence-corrected chi connectivity index (χ1v) is 6.47. The third kappa shape index (κ3) is 3.56. The number of carbonyl (C=O) groups is 1. The molecule has 0 atom stereocenters. The molecule has 6 nitrogen and oxygen atoms in total. The van der Waals surface area contributed by atoms with Gasteiger partial charge in [0.05, 0.1) is 12.2 Å². The average Bonchev–Trinajstić information content (AvgIpc) is 2.39. The van der Waals surface area contributed by atoms with E-state index in [1.165, 1.54) is 12.1 Å². The van der Waals surface area contributed by atoms with Gasteiger partial charge in [-0.1, -0.05) is 11.6 Å². The number of piperazine rings is 1. The third-order valence-electron chi connectivity index (χ3n) is 3.14. The standard InChI is InChI=1S/C12H16ClN3O3/c13-10-7-9(12(18)19)8-11(14-10)16-3-1-15(2-4-16)5-6-17/h7-8,17H,1-6H2,(H,18,19). The van der Waals surface area contributed by atoms with E-state index in [1.54, 1.807) is 0 Å². The van der Waals surface area contributed by atoms with Gasteiger partial charge in [-0.3, -0.25) is 4.90 Å². The molecule has 2 rings (SSSR count). The highest BCUT2D eigenvalue weighted by Gasteiger charge is 2.19. The fourth-order valence-electron chi connectivity index (χ4n) is 2.11. The summed E-state index contributed by atoms with van der Waals surface area (Å²) in [6.45, 7) is 3.93. The number of nitrogens with zero attached hydrogens (tertiary/aromatic N) is 3. The van der Waals surface area contributed by atoms with Crippen LogP contribution in [0.2, 0.25) is 5.15 Å². The Morgan fingerprint density at radius 2 is 2.00 bits per heavy atom. The molecule has 0 radical (unpaired) electrons. The van der Waals surface area contributed by atoms with E-state index in [1.807, 2.05) is 4.90 Å². The maximum absolute atomic E-state index is 11.0. The van der Waals surface area contributed by atoms with Gasteiger partial charge in [-0.05, 0) is 12.1 Å². The summed E-state index contributed by atoms with van der Waals surface area (Å²) in [5, 5.41) is 18.1. The molecule has 7 heteroatoms. The molecule has 0 unspecified atom stereocenters. The molecule has 1 aromatic heterocycles. The Kier molecular flexibility index (Phi) is 4.57. The van der Waals surface area contributed by atoms with Gasteiger partial charge in [0.15, 0.2) is 0 Å². The van der Waals surface area contributed by atoms with E-state index in [-0.39, 0.29) is 17.3 Å². The molecule has 0 spiro atoms. The summed E-state index contributed by atoms with van der Waals surface area (Å²) in [7, 11) is 0. The smallest absolute Gasteiger partial charge is 0.335 e. The first-order chi connectivity index (χ1) is 9.10. The Morgan fingerprint density at radius 1 is 1.32 bits per heavy atom. The van der Waals surface area contributed by atoms with E-state index < -0.39 is 5.97 Å². The monoisotopic (exact) mass is 285 g/mol. The summed E-state index contributed by atoms with van der Waals surface area (Å²) in [5.74, 6) is -0.419. The first-order valence-electron chi connectivity index (χ1n) is 6.09. The molecule has 1 aliphatic heterocycles. The number of carboxylic acids is 1. The molecule has 0 saturated carbocycles. The number of pyridine rings is 1. The summed E-state index contributed by atoms with van der Waals surface area (Å²) < 4.78 is 0. The van der Waals surface area contributed by atoms with Crippen molar-refractivity contribution in [2.75, 3.05) is 44.2 Å². The van der Waals surface area contributed by atoms with E-state index in [0.29, 0.717) is 12.4 Å². The van der Waals surface area contributed by atoms with Crippen molar-refractivity contribution in [2.45, 2.75) is 0 Å². The van der Waals surface area contributed by atoms with Crippen LogP contribution in [0.4, 0.5) is 5.82 Å². The molecule has 0 aliphatic carbocycles. The van der Waals surface area contributed by atoms with Crippen molar-refractivity contribution in [2.24, 2.45) is 0 Å². The first kappa shape index (κ1) is 14.0. The van der Waals surface area contributed by atoms with Crippen molar-refractivity contribution in [3.05, 3.63) is 22.8 Å². The predicted octanol–water partition coefficient (Wildman–Crippen LogP) is 0.547. The summed E-state index contributed by atoms with van der Waals surface area (Å²) in [4.78, 5) is 19.3. The van der Waals surface area contributed by atoms with Gasteiger partial charge in [0, 0.05) is 32.7 Å². The maximum Gasteiger partial charge on any atom is 0.335 e. The number of aromatic carboxylic acids is 1. The lowest BCUT2D eigenvalue weighted by molar-refractivity contribution is 0.0696. The van der Waals surface area contributed by atoms with Crippen LogP contribution in [0.15, 0.2) is 12.1 Å². The topological polar surface area (TPSA) is 76.9 Å². The lowest BCUT2D eigenvalue weighted by Crippen LogP contribution is -2.47. The zero-order valence-electron chi connectivity index (χ0n) is 10.4. The number of carboxylic acid groups (broad SMARTS) is 1. The van der Waals surface area contributed by atoms with Crippen molar-refractivity contribution in [3.63, 3.8) is 0 Å². The molecule has 0 amide bonds. The van der Waals surface area contributed by atoms with Crippen LogP contribution in [0.5, 0.6) is 0 Å². The fraction of sp³-hybridized carbons (Fsp3) is 0.500. The lowest BCUT2D eigenvalue weighted by Gasteiger charge is -2.35. The highest BCUT2D eigenvalue weighted by atomic mass is 35.5. The SMILES string of the molecule is O=C(O)c1cc(Cl)nc(N2CCN(CCO)CC2)c1. The normalized spacial score (nSPS) is 16.6. The molecule has 19 heavy (non-hydrogen) atoms. The maximum atomic E-state index is 11.0. The number of hydrogen-bond donors (Lipinski definition) is 2. The van der Waals surface area contributed by atoms with Gasteiger partial charge in [0.1, 0.15) is 11.0 Å². The van der Waals surface area contributed by atoms with Crippen molar-refractivity contribution in [1.82, 2.24) is 9.88 Å². The van der Waals surface area contributed by atoms with Crippen LogP contribution in [0, 0.1) is 0 Å². The quantitative estimate of drug-likeness (QED) is 0.787. The predicted molar refractivity (Wildman–Crippen MR) is 71.9 cm³/mol. The van der Waals surface area contributed by atoms with Gasteiger partial charge in [-0.25, -0.2) is 9.78 Å². The van der Waals surface area contributed by atoms with Gasteiger partial charge in [0.2, 0.25) is 0 Å². The van der Waals surface area contributed by atoms with E-state index in [0.717, 1.165) is 26.2 Å². The minimum atomic E-state index is -1.01. The van der Waals surface area contributed by atoms with Gasteiger partial charge in [0.25, 0.3) is 0 Å². The minimum Gasteiger partial charge on any atom is -0.478 e. The molecule has 1 saturated heterocycles. The number of rotatable bonds is 4. The van der Waals surface area contributed by atoms with Crippen LogP contribution in [0.25, 0.3) is 0 Å². The molecule has 1 aliphatic rings. The van der Waals surface area contributed by atoms with Crippen molar-refractivity contribution < 1.29 is 15.0 Å². The summed E-state index contributed by atoms with van der Waals surface area (Å²) >= 11 is 5.85. The van der Waals surface area contributed by atoms with E-state index in [2.05, 4.69) is 9.88 Å². The van der Waals surface area contributed by atoms with Gasteiger partial charge in [-0.2, -0.15) is 0 Å². The number of aliphatic hydroxyl groups is 1. The Balaban J connectivity index is 2.09. The summed E-state index contributed by atoms with van der Waals surface area (Å²) in [6, 6.07) is 2.88. The van der Waals surface area contributed by atoms with Gasteiger partial charge < -0.3 is 15.1 Å². The molecular weight excluding hydrogens is 270 g/mol. The van der Waals surface area contributed by atoms with E-state index >= 15 is 0 Å². The van der Waals surface area contributed by atoms with Crippen molar-refractivity contribution >= 4 is 23.4 Å². The Labute approximate surface area is 116 Å². The van der Waals surface area contributed by atoms with Gasteiger partial charge >= 0.3 is 5.97 Å². The third-order valence-corrected chi connectivity index (χ3v) is 3.33. The number of aromatic nitrogens is 1. The minimum absolute atomic E-state index is 0.146. The second-order valence-corrected chi connectivity index (χ2v) is 4.78. The average molecular weight is 286 g/mol. The zero-order valence-corrected chi connectivity index (χ0v) is 11.2. The Hall–Kier alpha value is -1.37. The molecule has 104 valence electrons. The van der Waals surface area contributed by atoms with Crippen molar-refractivity contribution in [3.8, 4) is 0 Å². The molecular formula is C12H16ClN3O3. The fourth-order valence-corrected chi connectivity index (χ4v) is 2.31. The number of aliphatic hydroxyl groups excluding tert-OH is 1. The second-order valence-electron chi connectivity index (χ2n) is 4.39. The van der Waals surface area contributed by atoms with Crippen LogP contribution in [-0.2, 0) is 0 Å². The van der Waals surface area contributed by atoms with E-state index in [4.69, 9.17) is 21.8 Å². The molecule has 0 aromatic carbocycles. The summed E-state index contributed by atoms with van der Waals surface area (Å²) in [5.41, 5.74) is 0.146. The van der Waals surface area contributed by atoms with E-state index in [9.17, 15) is 4.79 Å².